The second-order valence-electron chi connectivity index (χ2n) is 8.34. The highest BCUT2D eigenvalue weighted by Gasteiger charge is 2.26. The molecular weight excluding hydrogens is 434 g/mol. The molecule has 1 aliphatic heterocycles. The minimum Gasteiger partial charge on any atom is -0.380 e. The molecule has 0 saturated carbocycles. The van der Waals surface area contributed by atoms with Crippen LogP contribution in [0.2, 0.25) is 0 Å². The van der Waals surface area contributed by atoms with E-state index in [9.17, 15) is 4.79 Å². The van der Waals surface area contributed by atoms with Crippen molar-refractivity contribution in [2.24, 2.45) is 0 Å². The predicted octanol–water partition coefficient (Wildman–Crippen LogP) is 1.86. The van der Waals surface area contributed by atoms with E-state index in [1.54, 1.807) is 10.9 Å². The summed E-state index contributed by atoms with van der Waals surface area (Å²) in [6.45, 7) is 12.4. The first-order chi connectivity index (χ1) is 16.5. The highest BCUT2D eigenvalue weighted by Crippen LogP contribution is 2.29. The monoisotopic (exact) mass is 467 g/mol. The molecule has 34 heavy (non-hydrogen) atoms. The summed E-state index contributed by atoms with van der Waals surface area (Å²) in [4.78, 5) is 29.2. The number of fused-ring (bicyclic) bond motifs is 1. The van der Waals surface area contributed by atoms with Gasteiger partial charge in [-0.15, -0.1) is 0 Å². The molecular formula is C23H33N9O2. The van der Waals surface area contributed by atoms with E-state index in [0.29, 0.717) is 61.0 Å². The minimum atomic E-state index is -0.263. The molecule has 0 spiro atoms. The van der Waals surface area contributed by atoms with Gasteiger partial charge in [0.1, 0.15) is 16.9 Å². The van der Waals surface area contributed by atoms with Crippen molar-refractivity contribution in [1.82, 2.24) is 35.4 Å². The van der Waals surface area contributed by atoms with Crippen molar-refractivity contribution in [1.29, 1.82) is 0 Å². The maximum Gasteiger partial charge on any atom is 0.274 e. The van der Waals surface area contributed by atoms with E-state index in [-0.39, 0.29) is 11.6 Å². The fraction of sp³-hybridized carbons (Fsp3) is 0.522. The third kappa shape index (κ3) is 5.26. The lowest BCUT2D eigenvalue weighted by Gasteiger charge is -2.32. The maximum absolute atomic E-state index is 12.9. The second-order valence-corrected chi connectivity index (χ2v) is 8.34. The van der Waals surface area contributed by atoms with Crippen LogP contribution >= 0.6 is 0 Å². The van der Waals surface area contributed by atoms with Gasteiger partial charge in [0.15, 0.2) is 11.5 Å². The van der Waals surface area contributed by atoms with Crippen LogP contribution in [0.1, 0.15) is 36.8 Å². The number of amides is 1. The van der Waals surface area contributed by atoms with Crippen LogP contribution in [-0.4, -0.2) is 76.1 Å². The molecule has 1 aliphatic rings. The minimum absolute atomic E-state index is 0.263. The predicted molar refractivity (Wildman–Crippen MR) is 132 cm³/mol. The molecule has 3 aromatic heterocycles. The van der Waals surface area contributed by atoms with Gasteiger partial charge in [0, 0.05) is 45.0 Å². The van der Waals surface area contributed by atoms with E-state index in [1.165, 1.54) is 0 Å². The van der Waals surface area contributed by atoms with Crippen LogP contribution < -0.4 is 20.9 Å². The van der Waals surface area contributed by atoms with E-state index in [1.807, 2.05) is 32.9 Å². The van der Waals surface area contributed by atoms with Crippen molar-refractivity contribution in [2.45, 2.75) is 40.3 Å². The molecule has 3 N–H and O–H groups in total. The Morgan fingerprint density at radius 2 is 2.18 bits per heavy atom. The van der Waals surface area contributed by atoms with Gasteiger partial charge in [-0.3, -0.25) is 9.48 Å². The van der Waals surface area contributed by atoms with E-state index in [0.717, 1.165) is 25.2 Å². The van der Waals surface area contributed by atoms with Crippen molar-refractivity contribution < 1.29 is 9.53 Å². The van der Waals surface area contributed by atoms with Gasteiger partial charge >= 0.3 is 0 Å². The third-order valence-corrected chi connectivity index (χ3v) is 5.59. The molecule has 0 unspecified atom stereocenters. The summed E-state index contributed by atoms with van der Waals surface area (Å²) in [6, 6.07) is 4.19. The van der Waals surface area contributed by atoms with E-state index in [4.69, 9.17) is 14.7 Å². The van der Waals surface area contributed by atoms with Gasteiger partial charge < -0.3 is 25.6 Å². The molecule has 1 amide bonds. The molecule has 3 aromatic rings. The van der Waals surface area contributed by atoms with Crippen LogP contribution in [0.15, 0.2) is 18.3 Å². The average molecular weight is 468 g/mol. The molecule has 1 saturated heterocycles. The second kappa shape index (κ2) is 10.7. The number of carbonyl (C=O) groups excluding carboxylic acids is 1. The maximum atomic E-state index is 12.9. The number of aryl methyl sites for hydroxylation is 1. The van der Waals surface area contributed by atoms with Gasteiger partial charge in [0.25, 0.3) is 5.91 Å². The standard InChI is InChI=1S/C23H33N9O2/c1-5-24-22(33)19-18-20(32(30-19)11-12-34-6-2)21(27-17-13-15(3)7-8-26-17)29-23(28-18)31-10-9-25-16(4)14-31/h7-8,13,16,25H,5-6,9-12,14H2,1-4H3,(H,24,33)(H,26,27,28,29)/t16-/m1/s1. The zero-order valence-corrected chi connectivity index (χ0v) is 20.3. The molecule has 1 atom stereocenters. The average Bonchev–Trinajstić information content (AvgIpc) is 3.18. The highest BCUT2D eigenvalue weighted by molar-refractivity contribution is 6.06. The molecule has 4 rings (SSSR count). The third-order valence-electron chi connectivity index (χ3n) is 5.59. The highest BCUT2D eigenvalue weighted by atomic mass is 16.5. The largest absolute Gasteiger partial charge is 0.380 e. The lowest BCUT2D eigenvalue weighted by atomic mass is 10.2. The van der Waals surface area contributed by atoms with Crippen molar-refractivity contribution in [3.8, 4) is 0 Å². The van der Waals surface area contributed by atoms with Crippen LogP contribution in [0.4, 0.5) is 17.6 Å². The summed E-state index contributed by atoms with van der Waals surface area (Å²) in [5, 5.41) is 14.3. The van der Waals surface area contributed by atoms with Gasteiger partial charge in [0.05, 0.1) is 13.2 Å². The number of rotatable bonds is 9. The Balaban J connectivity index is 1.87. The summed E-state index contributed by atoms with van der Waals surface area (Å²) in [6.07, 6.45) is 1.75. The van der Waals surface area contributed by atoms with Crippen molar-refractivity contribution in [2.75, 3.05) is 49.6 Å². The van der Waals surface area contributed by atoms with Crippen molar-refractivity contribution in [3.05, 3.63) is 29.6 Å². The summed E-state index contributed by atoms with van der Waals surface area (Å²) in [7, 11) is 0. The summed E-state index contributed by atoms with van der Waals surface area (Å²) in [5.74, 6) is 1.52. The van der Waals surface area contributed by atoms with Gasteiger partial charge in [-0.2, -0.15) is 10.1 Å². The van der Waals surface area contributed by atoms with Crippen molar-refractivity contribution in [3.63, 3.8) is 0 Å². The lowest BCUT2D eigenvalue weighted by Crippen LogP contribution is -2.49. The zero-order valence-electron chi connectivity index (χ0n) is 20.3. The van der Waals surface area contributed by atoms with E-state index >= 15 is 0 Å². The van der Waals surface area contributed by atoms with Crippen molar-refractivity contribution >= 4 is 34.5 Å². The van der Waals surface area contributed by atoms with Crippen LogP contribution in [0.3, 0.4) is 0 Å². The number of nitrogens with zero attached hydrogens (tertiary/aromatic N) is 6. The summed E-state index contributed by atoms with van der Waals surface area (Å²) >= 11 is 0. The van der Waals surface area contributed by atoms with E-state index in [2.05, 4.69) is 37.9 Å². The molecule has 0 aromatic carbocycles. The number of anilines is 3. The Hall–Kier alpha value is -3.31. The van der Waals surface area contributed by atoms with Gasteiger partial charge in [-0.05, 0) is 45.4 Å². The smallest absolute Gasteiger partial charge is 0.274 e. The molecule has 182 valence electrons. The van der Waals surface area contributed by atoms with Gasteiger partial charge in [-0.25, -0.2) is 9.97 Å². The molecule has 0 radical (unpaired) electrons. The topological polar surface area (TPSA) is 122 Å². The number of nitrogens with one attached hydrogen (secondary N) is 3. The summed E-state index contributed by atoms with van der Waals surface area (Å²) in [5.41, 5.74) is 2.51. The Kier molecular flexibility index (Phi) is 7.53. The summed E-state index contributed by atoms with van der Waals surface area (Å²) < 4.78 is 7.31. The Morgan fingerprint density at radius 1 is 1.32 bits per heavy atom. The normalized spacial score (nSPS) is 16.1. The molecule has 0 bridgehead atoms. The number of hydrogen-bond acceptors (Lipinski definition) is 9. The molecule has 11 heteroatoms. The molecule has 1 fully saturated rings. The van der Waals surface area contributed by atoms with Crippen LogP contribution in [0.5, 0.6) is 0 Å². The quantitative estimate of drug-likeness (QED) is 0.405. The fourth-order valence-corrected chi connectivity index (χ4v) is 3.99. The van der Waals surface area contributed by atoms with Crippen LogP contribution in [0.25, 0.3) is 11.0 Å². The van der Waals surface area contributed by atoms with Gasteiger partial charge in [0.2, 0.25) is 5.95 Å². The number of carbonyl (C=O) groups is 1. The number of hydrogen-bond donors (Lipinski definition) is 3. The SMILES string of the molecule is CCNC(=O)c1nn(CCOCC)c2c(Nc3cc(C)ccn3)nc(N3CCN[C@H](C)C3)nc12. The first kappa shape index (κ1) is 23.8. The Morgan fingerprint density at radius 3 is 2.91 bits per heavy atom. The lowest BCUT2D eigenvalue weighted by molar-refractivity contribution is 0.0950. The van der Waals surface area contributed by atoms with E-state index < -0.39 is 0 Å². The zero-order chi connectivity index (χ0) is 24.1. The molecule has 0 aliphatic carbocycles. The Labute approximate surface area is 199 Å². The van der Waals surface area contributed by atoms with Gasteiger partial charge in [-0.1, -0.05) is 0 Å². The number of piperazine rings is 1. The fourth-order valence-electron chi connectivity index (χ4n) is 3.99. The molecule has 4 heterocycles. The number of ether oxygens (including phenoxy) is 1. The first-order valence-electron chi connectivity index (χ1n) is 11.8. The van der Waals surface area contributed by atoms with Crippen LogP contribution in [-0.2, 0) is 11.3 Å². The van der Waals surface area contributed by atoms with Crippen LogP contribution in [0, 0.1) is 6.92 Å². The first-order valence-corrected chi connectivity index (χ1v) is 11.8. The number of aromatic nitrogens is 5. The molecule has 11 nitrogen and oxygen atoms in total. The number of pyridine rings is 1. The Bertz CT molecular complexity index is 1150.